The minimum Gasteiger partial charge on any atom is -0.480 e. The lowest BCUT2D eigenvalue weighted by Gasteiger charge is -2.10. The minimum absolute atomic E-state index is 0. The maximum Gasteiger partial charge on any atom is 0.324 e. The molecule has 4 heteroatoms. The number of hydrogen-bond donors (Lipinski definition) is 1. The molecule has 0 aliphatic heterocycles. The molecule has 16 heavy (non-hydrogen) atoms. The van der Waals surface area contributed by atoms with Crippen molar-refractivity contribution in [2.45, 2.75) is 20.3 Å². The molecule has 0 aliphatic carbocycles. The Kier molecular flexibility index (Phi) is 5.85. The van der Waals surface area contributed by atoms with E-state index in [9.17, 15) is 9.59 Å². The first kappa shape index (κ1) is 14.2. The summed E-state index contributed by atoms with van der Waals surface area (Å²) in [6.45, 7) is 1.82. The fourth-order valence-corrected chi connectivity index (χ4v) is 1.25. The molecule has 0 saturated carbocycles. The maximum atomic E-state index is 11.4. The van der Waals surface area contributed by atoms with Gasteiger partial charge in [0.1, 0.15) is 0 Å². The van der Waals surface area contributed by atoms with E-state index in [-0.39, 0.29) is 14.0 Å². The minimum atomic E-state index is -1.23. The number of hydrogen-bond acceptors (Lipinski definition) is 3. The first-order valence-electron chi connectivity index (χ1n) is 4.61. The SMILES string of the molecule is C.CCOC(=O)C(C(=O)O)c1ccccc1. The van der Waals surface area contributed by atoms with Gasteiger partial charge in [0, 0.05) is 0 Å². The molecule has 0 bridgehead atoms. The molecule has 0 saturated heterocycles. The van der Waals surface area contributed by atoms with Crippen LogP contribution in [0.3, 0.4) is 0 Å². The van der Waals surface area contributed by atoms with Crippen molar-refractivity contribution in [3.05, 3.63) is 35.9 Å². The molecule has 0 heterocycles. The van der Waals surface area contributed by atoms with E-state index < -0.39 is 17.9 Å². The zero-order valence-electron chi connectivity index (χ0n) is 8.34. The highest BCUT2D eigenvalue weighted by molar-refractivity contribution is 5.99. The van der Waals surface area contributed by atoms with E-state index in [1.807, 2.05) is 0 Å². The van der Waals surface area contributed by atoms with Crippen molar-refractivity contribution in [3.63, 3.8) is 0 Å². The van der Waals surface area contributed by atoms with E-state index in [0.29, 0.717) is 5.56 Å². The second kappa shape index (κ2) is 6.61. The Morgan fingerprint density at radius 2 is 1.88 bits per heavy atom. The van der Waals surface area contributed by atoms with Crippen LogP contribution in [0.15, 0.2) is 30.3 Å². The van der Waals surface area contributed by atoms with Gasteiger partial charge in [-0.15, -0.1) is 0 Å². The van der Waals surface area contributed by atoms with Crippen LogP contribution < -0.4 is 0 Å². The van der Waals surface area contributed by atoms with Crippen molar-refractivity contribution in [2.24, 2.45) is 0 Å². The zero-order valence-corrected chi connectivity index (χ0v) is 8.34. The van der Waals surface area contributed by atoms with Crippen molar-refractivity contribution in [3.8, 4) is 0 Å². The number of carboxylic acids is 1. The second-order valence-corrected chi connectivity index (χ2v) is 2.93. The molecule has 0 radical (unpaired) electrons. The molecular formula is C12H16O4. The topological polar surface area (TPSA) is 63.6 Å². The molecule has 1 aromatic carbocycles. The lowest BCUT2D eigenvalue weighted by atomic mass is 10.00. The van der Waals surface area contributed by atoms with Crippen molar-refractivity contribution in [1.82, 2.24) is 0 Å². The predicted molar refractivity (Wildman–Crippen MR) is 60.2 cm³/mol. The molecule has 0 aliphatic rings. The summed E-state index contributed by atoms with van der Waals surface area (Å²) >= 11 is 0. The highest BCUT2D eigenvalue weighted by Gasteiger charge is 2.29. The summed E-state index contributed by atoms with van der Waals surface area (Å²) in [5.74, 6) is -3.15. The summed E-state index contributed by atoms with van der Waals surface area (Å²) in [7, 11) is 0. The Balaban J connectivity index is 0.00000225. The van der Waals surface area contributed by atoms with Crippen LogP contribution in [0.1, 0.15) is 25.8 Å². The molecule has 0 aromatic heterocycles. The summed E-state index contributed by atoms with van der Waals surface area (Å²) < 4.78 is 4.70. The number of aliphatic carboxylic acids is 1. The molecule has 0 spiro atoms. The first-order valence-corrected chi connectivity index (χ1v) is 4.61. The Labute approximate surface area is 94.9 Å². The summed E-state index contributed by atoms with van der Waals surface area (Å²) in [5.41, 5.74) is 0.434. The van der Waals surface area contributed by atoms with Gasteiger partial charge >= 0.3 is 11.9 Å². The van der Waals surface area contributed by atoms with Gasteiger partial charge in [-0.3, -0.25) is 9.59 Å². The predicted octanol–water partition coefficient (Wildman–Crippen LogP) is 2.05. The van der Waals surface area contributed by atoms with Crippen LogP contribution in [0.5, 0.6) is 0 Å². The quantitative estimate of drug-likeness (QED) is 0.628. The highest BCUT2D eigenvalue weighted by Crippen LogP contribution is 2.17. The molecule has 88 valence electrons. The number of rotatable bonds is 4. The second-order valence-electron chi connectivity index (χ2n) is 2.93. The standard InChI is InChI=1S/C11H12O4.CH4/c1-2-15-11(14)9(10(12)13)8-6-4-3-5-7-8;/h3-7,9H,2H2,1H3,(H,12,13);1H4. The van der Waals surface area contributed by atoms with E-state index >= 15 is 0 Å². The summed E-state index contributed by atoms with van der Waals surface area (Å²) in [6, 6.07) is 8.31. The van der Waals surface area contributed by atoms with E-state index in [0.717, 1.165) is 0 Å². The largest absolute Gasteiger partial charge is 0.480 e. The van der Waals surface area contributed by atoms with Crippen LogP contribution in [0.25, 0.3) is 0 Å². The van der Waals surface area contributed by atoms with E-state index in [2.05, 4.69) is 0 Å². The van der Waals surface area contributed by atoms with Gasteiger partial charge in [-0.25, -0.2) is 0 Å². The average molecular weight is 224 g/mol. The van der Waals surface area contributed by atoms with Gasteiger partial charge in [0.2, 0.25) is 0 Å². The number of ether oxygens (including phenoxy) is 1. The van der Waals surface area contributed by atoms with Gasteiger partial charge in [-0.05, 0) is 12.5 Å². The molecule has 1 atom stereocenters. The normalized spacial score (nSPS) is 11.1. The maximum absolute atomic E-state index is 11.4. The third kappa shape index (κ3) is 3.38. The molecule has 0 amide bonds. The van der Waals surface area contributed by atoms with Crippen molar-refractivity contribution in [1.29, 1.82) is 0 Å². The number of esters is 1. The Morgan fingerprint density at radius 1 is 1.31 bits per heavy atom. The lowest BCUT2D eigenvalue weighted by molar-refractivity contribution is -0.153. The van der Waals surface area contributed by atoms with Gasteiger partial charge in [0.25, 0.3) is 0 Å². The molecule has 1 unspecified atom stereocenters. The average Bonchev–Trinajstić information content (AvgIpc) is 2.19. The van der Waals surface area contributed by atoms with Crippen LogP contribution in [0, 0.1) is 0 Å². The summed E-state index contributed by atoms with van der Waals surface area (Å²) in [4.78, 5) is 22.3. The number of benzene rings is 1. The monoisotopic (exact) mass is 224 g/mol. The molecular weight excluding hydrogens is 208 g/mol. The number of carbonyl (C=O) groups excluding carboxylic acids is 1. The summed E-state index contributed by atoms with van der Waals surface area (Å²) in [6.07, 6.45) is 0. The van der Waals surface area contributed by atoms with Gasteiger partial charge < -0.3 is 9.84 Å². The van der Waals surface area contributed by atoms with Crippen LogP contribution in [-0.2, 0) is 14.3 Å². The fraction of sp³-hybridized carbons (Fsp3) is 0.333. The van der Waals surface area contributed by atoms with Crippen LogP contribution in [0.2, 0.25) is 0 Å². The number of carbonyl (C=O) groups is 2. The summed E-state index contributed by atoms with van der Waals surface area (Å²) in [5, 5.41) is 8.92. The first-order chi connectivity index (χ1) is 7.16. The Morgan fingerprint density at radius 3 is 2.31 bits per heavy atom. The molecule has 1 aromatic rings. The van der Waals surface area contributed by atoms with Crippen LogP contribution in [0.4, 0.5) is 0 Å². The lowest BCUT2D eigenvalue weighted by Crippen LogP contribution is -2.23. The van der Waals surface area contributed by atoms with E-state index in [4.69, 9.17) is 9.84 Å². The number of carboxylic acid groups (broad SMARTS) is 1. The fourth-order valence-electron chi connectivity index (χ4n) is 1.25. The molecule has 0 fully saturated rings. The highest BCUT2D eigenvalue weighted by atomic mass is 16.5. The van der Waals surface area contributed by atoms with Crippen LogP contribution in [-0.4, -0.2) is 23.7 Å². The van der Waals surface area contributed by atoms with Gasteiger partial charge in [-0.2, -0.15) is 0 Å². The molecule has 1 N–H and O–H groups in total. The Bertz CT molecular complexity index is 345. The van der Waals surface area contributed by atoms with Crippen LogP contribution >= 0.6 is 0 Å². The Hall–Kier alpha value is -1.84. The van der Waals surface area contributed by atoms with E-state index in [1.165, 1.54) is 0 Å². The van der Waals surface area contributed by atoms with Crippen molar-refractivity contribution in [2.75, 3.05) is 6.61 Å². The van der Waals surface area contributed by atoms with E-state index in [1.54, 1.807) is 37.3 Å². The van der Waals surface area contributed by atoms with Crippen molar-refractivity contribution < 1.29 is 19.4 Å². The zero-order chi connectivity index (χ0) is 11.3. The van der Waals surface area contributed by atoms with Crippen molar-refractivity contribution >= 4 is 11.9 Å². The van der Waals surface area contributed by atoms with Gasteiger partial charge in [0.15, 0.2) is 5.92 Å². The third-order valence-electron chi connectivity index (χ3n) is 1.90. The third-order valence-corrected chi connectivity index (χ3v) is 1.90. The van der Waals surface area contributed by atoms with Gasteiger partial charge in [-0.1, -0.05) is 37.8 Å². The van der Waals surface area contributed by atoms with Gasteiger partial charge in [0.05, 0.1) is 6.61 Å². The smallest absolute Gasteiger partial charge is 0.324 e. The molecule has 4 nitrogen and oxygen atoms in total. The molecule has 1 rings (SSSR count).